The molecule has 3 N–H and O–H groups in total. The zero-order chi connectivity index (χ0) is 17.3. The fraction of sp³-hybridized carbons (Fsp3) is 0.611. The fourth-order valence-corrected chi connectivity index (χ4v) is 4.00. The van der Waals surface area contributed by atoms with Crippen LogP contribution in [-0.4, -0.2) is 38.9 Å². The number of anilines is 1. The molecule has 0 radical (unpaired) electrons. The second kappa shape index (κ2) is 7.99. The first-order valence-electron chi connectivity index (χ1n) is 8.41. The quantitative estimate of drug-likeness (QED) is 0.409. The second-order valence-corrected chi connectivity index (χ2v) is 7.07. The summed E-state index contributed by atoms with van der Waals surface area (Å²) >= 11 is 0. The molecule has 1 aliphatic carbocycles. The van der Waals surface area contributed by atoms with Gasteiger partial charge in [-0.15, -0.1) is 24.0 Å². The minimum absolute atomic E-state index is 0. The van der Waals surface area contributed by atoms with Crippen LogP contribution in [0.2, 0.25) is 0 Å². The van der Waals surface area contributed by atoms with Crippen molar-refractivity contribution in [2.24, 2.45) is 22.1 Å². The number of hydrogen-bond donors (Lipinski definition) is 2. The van der Waals surface area contributed by atoms with Crippen molar-refractivity contribution >= 4 is 35.6 Å². The monoisotopic (exact) mass is 461 g/mol. The maximum Gasteiger partial charge on any atom is 0.193 e. The molecular weight excluding hydrogens is 433 g/mol. The van der Waals surface area contributed by atoms with Crippen LogP contribution in [0.4, 0.5) is 5.69 Å². The van der Waals surface area contributed by atoms with Crippen molar-refractivity contribution in [1.82, 2.24) is 0 Å². The topological polar surface area (TPSA) is 78.1 Å². The summed E-state index contributed by atoms with van der Waals surface area (Å²) in [6.45, 7) is 5.27. The minimum Gasteiger partial charge on any atom is -0.493 e. The second-order valence-electron chi connectivity index (χ2n) is 7.07. The van der Waals surface area contributed by atoms with Crippen LogP contribution in [0.1, 0.15) is 26.7 Å². The van der Waals surface area contributed by atoms with Crippen molar-refractivity contribution in [3.05, 3.63) is 18.2 Å². The highest BCUT2D eigenvalue weighted by atomic mass is 127. The van der Waals surface area contributed by atoms with E-state index >= 15 is 0 Å². The van der Waals surface area contributed by atoms with Gasteiger partial charge in [0.15, 0.2) is 17.5 Å². The lowest BCUT2D eigenvalue weighted by molar-refractivity contribution is -0.182. The maximum absolute atomic E-state index is 6.15. The summed E-state index contributed by atoms with van der Waals surface area (Å²) in [7, 11) is 3.22. The standard InChI is InChI=1S/C18H27N3O3.HI/c1-18(2)15(12-6-5-9-24-16(12)18)21-17(19)20-11-7-8-13(22-3)14(10-11)23-4;/h7-8,10,12,15-16H,5-6,9H2,1-4H3,(H3,19,20,21);1H. The largest absolute Gasteiger partial charge is 0.493 e. The number of ether oxygens (including phenoxy) is 3. The number of hydrogen-bond acceptors (Lipinski definition) is 4. The average Bonchev–Trinajstić information content (AvgIpc) is 2.59. The molecule has 140 valence electrons. The summed E-state index contributed by atoms with van der Waals surface area (Å²) < 4.78 is 16.5. The minimum atomic E-state index is 0. The predicted octanol–water partition coefficient (Wildman–Crippen LogP) is 3.25. The summed E-state index contributed by atoms with van der Waals surface area (Å²) in [5, 5.41) is 3.15. The number of fused-ring (bicyclic) bond motifs is 1. The molecule has 1 saturated carbocycles. The van der Waals surface area contributed by atoms with Crippen LogP contribution in [0.3, 0.4) is 0 Å². The number of guanidine groups is 1. The van der Waals surface area contributed by atoms with Gasteiger partial charge in [0.2, 0.25) is 0 Å². The van der Waals surface area contributed by atoms with E-state index in [1.807, 2.05) is 18.2 Å². The summed E-state index contributed by atoms with van der Waals surface area (Å²) in [4.78, 5) is 4.74. The van der Waals surface area contributed by atoms with Crippen LogP contribution < -0.4 is 20.5 Å². The molecule has 0 spiro atoms. The molecule has 2 fully saturated rings. The van der Waals surface area contributed by atoms with Gasteiger partial charge < -0.3 is 25.3 Å². The number of nitrogens with zero attached hydrogens (tertiary/aromatic N) is 1. The summed E-state index contributed by atoms with van der Waals surface area (Å²) in [5.74, 6) is 2.23. The van der Waals surface area contributed by atoms with Crippen LogP contribution >= 0.6 is 24.0 Å². The SMILES string of the molecule is COc1ccc(NC(N)=NC2C3CCCOC3C2(C)C)cc1OC.I. The van der Waals surface area contributed by atoms with Gasteiger partial charge in [-0.3, -0.25) is 0 Å². The molecule has 3 rings (SSSR count). The molecule has 1 heterocycles. The Morgan fingerprint density at radius 1 is 1.28 bits per heavy atom. The molecular formula is C18H28IN3O3. The normalized spacial score (nSPS) is 27.4. The van der Waals surface area contributed by atoms with Gasteiger partial charge in [-0.1, -0.05) is 13.8 Å². The zero-order valence-corrected chi connectivity index (χ0v) is 17.6. The van der Waals surface area contributed by atoms with E-state index in [-0.39, 0.29) is 35.4 Å². The zero-order valence-electron chi connectivity index (χ0n) is 15.2. The number of benzene rings is 1. The van der Waals surface area contributed by atoms with Crippen molar-refractivity contribution in [3.8, 4) is 11.5 Å². The van der Waals surface area contributed by atoms with Crippen molar-refractivity contribution in [2.45, 2.75) is 38.8 Å². The van der Waals surface area contributed by atoms with Gasteiger partial charge >= 0.3 is 0 Å². The van der Waals surface area contributed by atoms with E-state index < -0.39 is 0 Å². The Balaban J connectivity index is 0.00000225. The summed E-state index contributed by atoms with van der Waals surface area (Å²) in [6.07, 6.45) is 2.56. The van der Waals surface area contributed by atoms with E-state index in [4.69, 9.17) is 24.9 Å². The number of methoxy groups -OCH3 is 2. The highest BCUT2D eigenvalue weighted by Gasteiger charge is 2.58. The van der Waals surface area contributed by atoms with Gasteiger partial charge in [-0.25, -0.2) is 4.99 Å². The van der Waals surface area contributed by atoms with Gasteiger partial charge in [0.25, 0.3) is 0 Å². The molecule has 6 nitrogen and oxygen atoms in total. The van der Waals surface area contributed by atoms with Crippen molar-refractivity contribution < 1.29 is 14.2 Å². The first kappa shape index (κ1) is 20.1. The van der Waals surface area contributed by atoms with Gasteiger partial charge in [-0.05, 0) is 25.0 Å². The maximum atomic E-state index is 6.15. The molecule has 2 aliphatic rings. The Kier molecular flexibility index (Phi) is 6.42. The van der Waals surface area contributed by atoms with Crippen LogP contribution in [0, 0.1) is 11.3 Å². The Morgan fingerprint density at radius 3 is 2.68 bits per heavy atom. The van der Waals surface area contributed by atoms with Gasteiger partial charge in [0.1, 0.15) is 0 Å². The molecule has 0 bridgehead atoms. The van der Waals surface area contributed by atoms with Crippen LogP contribution in [0.5, 0.6) is 11.5 Å². The van der Waals surface area contributed by atoms with E-state index in [0.29, 0.717) is 29.5 Å². The number of aliphatic imine (C=N–C) groups is 1. The van der Waals surface area contributed by atoms with Crippen molar-refractivity contribution in [1.29, 1.82) is 0 Å². The van der Waals surface area contributed by atoms with Gasteiger partial charge in [0, 0.05) is 29.7 Å². The Bertz CT molecular complexity index is 636. The first-order valence-corrected chi connectivity index (χ1v) is 8.41. The molecule has 3 atom stereocenters. The highest BCUT2D eigenvalue weighted by Crippen LogP contribution is 2.53. The molecule has 1 saturated heterocycles. The third-order valence-corrected chi connectivity index (χ3v) is 5.20. The van der Waals surface area contributed by atoms with E-state index in [9.17, 15) is 0 Å². The molecule has 25 heavy (non-hydrogen) atoms. The highest BCUT2D eigenvalue weighted by molar-refractivity contribution is 14.0. The lowest BCUT2D eigenvalue weighted by Crippen LogP contribution is -2.64. The average molecular weight is 461 g/mol. The van der Waals surface area contributed by atoms with E-state index in [2.05, 4.69) is 19.2 Å². The smallest absolute Gasteiger partial charge is 0.193 e. The van der Waals surface area contributed by atoms with Crippen molar-refractivity contribution in [3.63, 3.8) is 0 Å². The van der Waals surface area contributed by atoms with Crippen LogP contribution in [-0.2, 0) is 4.74 Å². The van der Waals surface area contributed by atoms with Crippen molar-refractivity contribution in [2.75, 3.05) is 26.1 Å². The lowest BCUT2D eigenvalue weighted by atomic mass is 9.55. The number of halogens is 1. The number of nitrogens with one attached hydrogen (secondary N) is 1. The molecule has 3 unspecified atom stereocenters. The van der Waals surface area contributed by atoms with E-state index in [1.165, 1.54) is 0 Å². The first-order chi connectivity index (χ1) is 11.5. The molecule has 0 amide bonds. The Hall–Kier alpha value is -1.22. The summed E-state index contributed by atoms with van der Waals surface area (Å²) in [6, 6.07) is 5.77. The molecule has 1 aromatic carbocycles. The third-order valence-electron chi connectivity index (χ3n) is 5.20. The number of nitrogens with two attached hydrogens (primary N) is 1. The predicted molar refractivity (Wildman–Crippen MR) is 110 cm³/mol. The number of rotatable bonds is 4. The fourth-order valence-electron chi connectivity index (χ4n) is 4.00. The summed E-state index contributed by atoms with van der Waals surface area (Å²) in [5.41, 5.74) is 6.99. The molecule has 1 aromatic rings. The Labute approximate surface area is 166 Å². The van der Waals surface area contributed by atoms with Gasteiger partial charge in [-0.2, -0.15) is 0 Å². The third kappa shape index (κ3) is 3.81. The van der Waals surface area contributed by atoms with E-state index in [0.717, 1.165) is 25.1 Å². The Morgan fingerprint density at radius 2 is 2.00 bits per heavy atom. The molecule has 0 aromatic heterocycles. The van der Waals surface area contributed by atoms with E-state index in [1.54, 1.807) is 14.2 Å². The molecule has 1 aliphatic heterocycles. The van der Waals surface area contributed by atoms with Crippen LogP contribution in [0.15, 0.2) is 23.2 Å². The molecule has 7 heteroatoms. The van der Waals surface area contributed by atoms with Crippen LogP contribution in [0.25, 0.3) is 0 Å². The van der Waals surface area contributed by atoms with Gasteiger partial charge in [0.05, 0.1) is 26.4 Å². The lowest BCUT2D eigenvalue weighted by Gasteiger charge is -2.58.